The van der Waals surface area contributed by atoms with Gasteiger partial charge in [-0.25, -0.2) is 0 Å². The highest BCUT2D eigenvalue weighted by molar-refractivity contribution is 5.93. The quantitative estimate of drug-likeness (QED) is 0.840. The van der Waals surface area contributed by atoms with E-state index in [1.54, 1.807) is 13.3 Å². The van der Waals surface area contributed by atoms with Crippen molar-refractivity contribution in [3.63, 3.8) is 0 Å². The first kappa shape index (κ1) is 17.2. The van der Waals surface area contributed by atoms with Gasteiger partial charge in [-0.15, -0.1) is 0 Å². The Morgan fingerprint density at radius 1 is 1.31 bits per heavy atom. The molecule has 3 atom stereocenters. The van der Waals surface area contributed by atoms with Crippen LogP contribution >= 0.6 is 0 Å². The van der Waals surface area contributed by atoms with Crippen LogP contribution in [-0.2, 0) is 18.3 Å². The highest BCUT2D eigenvalue weighted by Crippen LogP contribution is 2.34. The Labute approximate surface area is 154 Å². The summed E-state index contributed by atoms with van der Waals surface area (Å²) in [6.45, 7) is 3.46. The van der Waals surface area contributed by atoms with Gasteiger partial charge in [0.25, 0.3) is 5.91 Å². The average molecular weight is 354 g/mol. The second-order valence-electron chi connectivity index (χ2n) is 7.35. The molecular weight excluding hydrogens is 328 g/mol. The zero-order valence-electron chi connectivity index (χ0n) is 15.4. The van der Waals surface area contributed by atoms with Crippen molar-refractivity contribution >= 4 is 5.91 Å². The number of fused-ring (bicyclic) bond motifs is 1. The van der Waals surface area contributed by atoms with E-state index in [1.165, 1.54) is 5.56 Å². The average Bonchev–Trinajstić information content (AvgIpc) is 3.27. The zero-order valence-corrected chi connectivity index (χ0v) is 15.4. The van der Waals surface area contributed by atoms with Crippen molar-refractivity contribution in [2.75, 3.05) is 26.7 Å². The summed E-state index contributed by atoms with van der Waals surface area (Å²) in [5.41, 5.74) is 1.96. The van der Waals surface area contributed by atoms with Crippen molar-refractivity contribution in [1.82, 2.24) is 19.4 Å². The van der Waals surface area contributed by atoms with Crippen molar-refractivity contribution in [2.24, 2.45) is 13.0 Å². The van der Waals surface area contributed by atoms with Crippen molar-refractivity contribution in [3.8, 4) is 0 Å². The van der Waals surface area contributed by atoms with Crippen LogP contribution in [0.1, 0.15) is 22.5 Å². The lowest BCUT2D eigenvalue weighted by molar-refractivity contribution is -0.0159. The lowest BCUT2D eigenvalue weighted by Gasteiger charge is -2.41. The summed E-state index contributed by atoms with van der Waals surface area (Å²) in [4.78, 5) is 21.8. The van der Waals surface area contributed by atoms with Crippen LogP contribution in [0.25, 0.3) is 0 Å². The molecule has 6 heteroatoms. The number of carbonyl (C=O) groups excluding carboxylic acids is 1. The van der Waals surface area contributed by atoms with Gasteiger partial charge in [0.05, 0.1) is 12.1 Å². The molecule has 2 aliphatic heterocycles. The van der Waals surface area contributed by atoms with E-state index >= 15 is 0 Å². The molecular formula is C20H26N4O2. The van der Waals surface area contributed by atoms with E-state index in [1.807, 2.05) is 42.2 Å². The van der Waals surface area contributed by atoms with Crippen LogP contribution < -0.4 is 0 Å². The Morgan fingerprint density at radius 2 is 2.19 bits per heavy atom. The highest BCUT2D eigenvalue weighted by atomic mass is 16.5. The van der Waals surface area contributed by atoms with Gasteiger partial charge in [0, 0.05) is 64.8 Å². The molecule has 4 heterocycles. The van der Waals surface area contributed by atoms with Gasteiger partial charge in [-0.2, -0.15) is 0 Å². The Morgan fingerprint density at radius 3 is 2.88 bits per heavy atom. The van der Waals surface area contributed by atoms with Crippen molar-refractivity contribution in [1.29, 1.82) is 0 Å². The van der Waals surface area contributed by atoms with Crippen LogP contribution in [-0.4, -0.2) is 64.1 Å². The predicted octanol–water partition coefficient (Wildman–Crippen LogP) is 1.78. The second-order valence-corrected chi connectivity index (χ2v) is 7.35. The van der Waals surface area contributed by atoms with Crippen LogP contribution in [0.5, 0.6) is 0 Å². The van der Waals surface area contributed by atoms with Crippen LogP contribution in [0.4, 0.5) is 0 Å². The summed E-state index contributed by atoms with van der Waals surface area (Å²) >= 11 is 0. The minimum absolute atomic E-state index is 0.130. The zero-order chi connectivity index (χ0) is 18.1. The number of hydrogen-bond acceptors (Lipinski definition) is 4. The molecule has 0 unspecified atom stereocenters. The standard InChI is InChI=1S/C20H26N4O2/c1-22-9-4-6-17(22)20(25)24-10-7-19(26-2)16-13-23(14-18(16)24)12-15-5-3-8-21-11-15/h3-6,8-9,11,16,18-19H,7,10,12-14H2,1-2H3/t16-,18+,19-/m0/s1. The monoisotopic (exact) mass is 354 g/mol. The fourth-order valence-electron chi connectivity index (χ4n) is 4.49. The smallest absolute Gasteiger partial charge is 0.270 e. The van der Waals surface area contributed by atoms with Crippen molar-refractivity contribution < 1.29 is 9.53 Å². The van der Waals surface area contributed by atoms with Crippen molar-refractivity contribution in [3.05, 3.63) is 54.1 Å². The van der Waals surface area contributed by atoms with E-state index in [0.717, 1.165) is 38.3 Å². The van der Waals surface area contributed by atoms with Gasteiger partial charge in [0.1, 0.15) is 5.69 Å². The number of pyridine rings is 1. The SMILES string of the molecule is CO[C@H]1CCN(C(=O)c2cccn2C)[C@@H]2CN(Cc3cccnc3)C[C@H]12. The number of carbonyl (C=O) groups is 1. The molecule has 138 valence electrons. The number of rotatable bonds is 4. The Kier molecular flexibility index (Phi) is 4.78. The van der Waals surface area contributed by atoms with Crippen molar-refractivity contribution in [2.45, 2.75) is 25.1 Å². The molecule has 2 saturated heterocycles. The number of aryl methyl sites for hydroxylation is 1. The summed E-state index contributed by atoms with van der Waals surface area (Å²) in [7, 11) is 3.72. The molecule has 0 bridgehead atoms. The van der Waals surface area contributed by atoms with E-state index in [-0.39, 0.29) is 18.1 Å². The van der Waals surface area contributed by atoms with Gasteiger partial charge >= 0.3 is 0 Å². The normalized spacial score (nSPS) is 26.1. The molecule has 1 amide bonds. The summed E-state index contributed by atoms with van der Waals surface area (Å²) in [6, 6.07) is 8.11. The van der Waals surface area contributed by atoms with Gasteiger partial charge in [0.2, 0.25) is 0 Å². The summed E-state index contributed by atoms with van der Waals surface area (Å²) in [6.07, 6.45) is 6.76. The molecule has 2 aliphatic rings. The third-order valence-corrected chi connectivity index (χ3v) is 5.80. The Balaban J connectivity index is 1.54. The van der Waals surface area contributed by atoms with Gasteiger partial charge in [-0.05, 0) is 30.2 Å². The molecule has 0 N–H and O–H groups in total. The number of nitrogens with zero attached hydrogens (tertiary/aromatic N) is 4. The predicted molar refractivity (Wildman–Crippen MR) is 98.7 cm³/mol. The fourth-order valence-corrected chi connectivity index (χ4v) is 4.49. The largest absolute Gasteiger partial charge is 0.381 e. The van der Waals surface area contributed by atoms with Gasteiger partial charge in [0.15, 0.2) is 0 Å². The number of likely N-dealkylation sites (tertiary alicyclic amines) is 2. The van der Waals surface area contributed by atoms with E-state index in [2.05, 4.69) is 20.9 Å². The molecule has 0 aliphatic carbocycles. The maximum absolute atomic E-state index is 13.1. The molecule has 0 saturated carbocycles. The summed E-state index contributed by atoms with van der Waals surface area (Å²) in [5.74, 6) is 0.486. The first-order chi connectivity index (χ1) is 12.7. The summed E-state index contributed by atoms with van der Waals surface area (Å²) in [5, 5.41) is 0. The van der Waals surface area contributed by atoms with E-state index in [9.17, 15) is 4.79 Å². The van der Waals surface area contributed by atoms with Crippen LogP contribution in [0.15, 0.2) is 42.9 Å². The molecule has 26 heavy (non-hydrogen) atoms. The number of amides is 1. The number of ether oxygens (including phenoxy) is 1. The molecule has 0 spiro atoms. The van der Waals surface area contributed by atoms with E-state index in [0.29, 0.717) is 5.92 Å². The van der Waals surface area contributed by atoms with Gasteiger partial charge in [-0.1, -0.05) is 6.07 Å². The first-order valence-electron chi connectivity index (χ1n) is 9.23. The minimum atomic E-state index is 0.130. The first-order valence-corrected chi connectivity index (χ1v) is 9.23. The van der Waals surface area contributed by atoms with Crippen LogP contribution in [0, 0.1) is 5.92 Å². The van der Waals surface area contributed by atoms with Gasteiger partial charge < -0.3 is 14.2 Å². The fraction of sp³-hybridized carbons (Fsp3) is 0.500. The minimum Gasteiger partial charge on any atom is -0.381 e. The Hall–Kier alpha value is -2.18. The third kappa shape index (κ3) is 3.15. The summed E-state index contributed by atoms with van der Waals surface area (Å²) < 4.78 is 7.67. The molecule has 0 aromatic carbocycles. The second kappa shape index (κ2) is 7.21. The molecule has 4 rings (SSSR count). The maximum atomic E-state index is 13.1. The van der Waals surface area contributed by atoms with Crippen LogP contribution in [0.2, 0.25) is 0 Å². The highest BCUT2D eigenvalue weighted by Gasteiger charge is 2.46. The molecule has 0 radical (unpaired) electrons. The van der Waals surface area contributed by atoms with E-state index in [4.69, 9.17) is 4.74 Å². The maximum Gasteiger partial charge on any atom is 0.270 e. The molecule has 6 nitrogen and oxygen atoms in total. The molecule has 2 aromatic heterocycles. The molecule has 2 fully saturated rings. The number of methoxy groups -OCH3 is 1. The lowest BCUT2D eigenvalue weighted by Crippen LogP contribution is -2.53. The Bertz CT molecular complexity index is 760. The number of hydrogen-bond donors (Lipinski definition) is 0. The lowest BCUT2D eigenvalue weighted by atomic mass is 9.88. The van der Waals surface area contributed by atoms with Crippen LogP contribution in [0.3, 0.4) is 0 Å². The van der Waals surface area contributed by atoms with E-state index < -0.39 is 0 Å². The molecule has 2 aromatic rings. The number of aromatic nitrogens is 2. The topological polar surface area (TPSA) is 50.6 Å². The number of piperidine rings is 1. The van der Waals surface area contributed by atoms with Gasteiger partial charge in [-0.3, -0.25) is 14.7 Å². The third-order valence-electron chi connectivity index (χ3n) is 5.80.